The summed E-state index contributed by atoms with van der Waals surface area (Å²) in [6.07, 6.45) is 1.83. The highest BCUT2D eigenvalue weighted by Gasteiger charge is 2.22. The number of nitrogens with zero attached hydrogens (tertiary/aromatic N) is 2. The SMILES string of the molecule is Cl.O=C(NCc1nc(COc2ccccc2F)no1)C1CCCN1. The van der Waals surface area contributed by atoms with E-state index in [1.54, 1.807) is 12.1 Å². The molecule has 1 unspecified atom stereocenters. The molecular weight excluding hydrogens is 339 g/mol. The first-order valence-electron chi connectivity index (χ1n) is 7.42. The Morgan fingerprint density at radius 2 is 2.29 bits per heavy atom. The molecule has 1 atom stereocenters. The minimum Gasteiger partial charge on any atom is -0.482 e. The van der Waals surface area contributed by atoms with Crippen LogP contribution < -0.4 is 15.4 Å². The molecule has 1 aromatic carbocycles. The summed E-state index contributed by atoms with van der Waals surface area (Å²) in [5, 5.41) is 9.58. The predicted octanol–water partition coefficient (Wildman–Crippen LogP) is 1.58. The number of carbonyl (C=O) groups is 1. The molecule has 0 aliphatic carbocycles. The molecule has 0 saturated carbocycles. The Labute approximate surface area is 144 Å². The Hall–Kier alpha value is -2.19. The molecule has 0 radical (unpaired) electrons. The zero-order valence-electron chi connectivity index (χ0n) is 12.8. The van der Waals surface area contributed by atoms with Gasteiger partial charge in [0.2, 0.25) is 17.6 Å². The van der Waals surface area contributed by atoms with Gasteiger partial charge in [0.1, 0.15) is 0 Å². The number of hydrogen-bond acceptors (Lipinski definition) is 6. The van der Waals surface area contributed by atoms with E-state index in [2.05, 4.69) is 20.8 Å². The maximum Gasteiger partial charge on any atom is 0.246 e. The van der Waals surface area contributed by atoms with Gasteiger partial charge in [-0.1, -0.05) is 17.3 Å². The summed E-state index contributed by atoms with van der Waals surface area (Å²) >= 11 is 0. The van der Waals surface area contributed by atoms with Crippen molar-refractivity contribution in [2.75, 3.05) is 6.54 Å². The number of halogens is 2. The Morgan fingerprint density at radius 3 is 3.04 bits per heavy atom. The highest BCUT2D eigenvalue weighted by Crippen LogP contribution is 2.16. The quantitative estimate of drug-likeness (QED) is 0.816. The summed E-state index contributed by atoms with van der Waals surface area (Å²) < 4.78 is 23.7. The number of hydrogen-bond donors (Lipinski definition) is 2. The summed E-state index contributed by atoms with van der Waals surface area (Å²) in [5.74, 6) is 0.164. The van der Waals surface area contributed by atoms with E-state index in [-0.39, 0.29) is 55.0 Å². The van der Waals surface area contributed by atoms with Gasteiger partial charge in [-0.05, 0) is 31.5 Å². The van der Waals surface area contributed by atoms with Crippen molar-refractivity contribution in [2.45, 2.75) is 32.0 Å². The molecule has 130 valence electrons. The topological polar surface area (TPSA) is 89.3 Å². The molecule has 1 aliphatic heterocycles. The second-order valence-corrected chi connectivity index (χ2v) is 5.19. The Morgan fingerprint density at radius 1 is 1.46 bits per heavy atom. The fraction of sp³-hybridized carbons (Fsp3) is 0.400. The lowest BCUT2D eigenvalue weighted by atomic mass is 10.2. The molecular formula is C15H18ClFN4O3. The maximum absolute atomic E-state index is 13.4. The van der Waals surface area contributed by atoms with E-state index < -0.39 is 5.82 Å². The lowest BCUT2D eigenvalue weighted by Crippen LogP contribution is -2.40. The van der Waals surface area contributed by atoms with Gasteiger partial charge in [0, 0.05) is 0 Å². The number of benzene rings is 1. The van der Waals surface area contributed by atoms with Crippen molar-refractivity contribution < 1.29 is 18.4 Å². The van der Waals surface area contributed by atoms with Gasteiger partial charge in [-0.2, -0.15) is 4.98 Å². The van der Waals surface area contributed by atoms with Gasteiger partial charge in [-0.15, -0.1) is 12.4 Å². The number of rotatable bonds is 6. The van der Waals surface area contributed by atoms with Crippen molar-refractivity contribution in [3.8, 4) is 5.75 Å². The van der Waals surface area contributed by atoms with Gasteiger partial charge < -0.3 is 19.9 Å². The second kappa shape index (κ2) is 8.60. The van der Waals surface area contributed by atoms with Gasteiger partial charge >= 0.3 is 0 Å². The zero-order chi connectivity index (χ0) is 16.1. The number of nitrogens with one attached hydrogen (secondary N) is 2. The van der Waals surface area contributed by atoms with Crippen molar-refractivity contribution in [3.05, 3.63) is 41.8 Å². The largest absolute Gasteiger partial charge is 0.482 e. The third kappa shape index (κ3) is 4.65. The molecule has 2 aromatic rings. The van der Waals surface area contributed by atoms with Crippen LogP contribution >= 0.6 is 12.4 Å². The molecule has 24 heavy (non-hydrogen) atoms. The van der Waals surface area contributed by atoms with Gasteiger partial charge in [0.05, 0.1) is 12.6 Å². The molecule has 0 bridgehead atoms. The monoisotopic (exact) mass is 356 g/mol. The van der Waals surface area contributed by atoms with Gasteiger partial charge in [0.25, 0.3) is 0 Å². The lowest BCUT2D eigenvalue weighted by Gasteiger charge is -2.08. The van der Waals surface area contributed by atoms with Gasteiger partial charge in [0.15, 0.2) is 18.2 Å². The minimum absolute atomic E-state index is 0. The first-order chi connectivity index (χ1) is 11.2. The summed E-state index contributed by atoms with van der Waals surface area (Å²) in [6.45, 7) is 1.00. The Kier molecular flexibility index (Phi) is 6.51. The highest BCUT2D eigenvalue weighted by atomic mass is 35.5. The fourth-order valence-electron chi connectivity index (χ4n) is 2.32. The predicted molar refractivity (Wildman–Crippen MR) is 85.1 cm³/mol. The molecule has 3 rings (SSSR count). The number of amides is 1. The van der Waals surface area contributed by atoms with Crippen LogP contribution in [0, 0.1) is 5.82 Å². The second-order valence-electron chi connectivity index (χ2n) is 5.19. The van der Waals surface area contributed by atoms with Gasteiger partial charge in [-0.3, -0.25) is 4.79 Å². The van der Waals surface area contributed by atoms with Crippen LogP contribution in [0.15, 0.2) is 28.8 Å². The van der Waals surface area contributed by atoms with E-state index in [1.165, 1.54) is 12.1 Å². The van der Waals surface area contributed by atoms with Crippen LogP contribution in [0.25, 0.3) is 0 Å². The molecule has 0 spiro atoms. The van der Waals surface area contributed by atoms with Crippen LogP contribution in [0.1, 0.15) is 24.6 Å². The number of carbonyl (C=O) groups excluding carboxylic acids is 1. The van der Waals surface area contributed by atoms with Crippen LogP contribution in [0.5, 0.6) is 5.75 Å². The maximum atomic E-state index is 13.4. The molecule has 1 amide bonds. The van der Waals surface area contributed by atoms with Gasteiger partial charge in [-0.25, -0.2) is 4.39 Å². The molecule has 1 saturated heterocycles. The molecule has 1 aromatic heterocycles. The van der Waals surface area contributed by atoms with Crippen LogP contribution in [0.4, 0.5) is 4.39 Å². The standard InChI is InChI=1S/C15H17FN4O3.ClH/c16-10-4-1-2-6-12(10)22-9-13-19-14(23-20-13)8-18-15(21)11-5-3-7-17-11;/h1-2,4,6,11,17H,3,5,7-9H2,(H,18,21);1H. The van der Waals surface area contributed by atoms with Crippen molar-refractivity contribution in [1.29, 1.82) is 0 Å². The smallest absolute Gasteiger partial charge is 0.246 e. The first-order valence-corrected chi connectivity index (χ1v) is 7.42. The number of para-hydroxylation sites is 1. The zero-order valence-corrected chi connectivity index (χ0v) is 13.6. The highest BCUT2D eigenvalue weighted by molar-refractivity contribution is 5.85. The Balaban J connectivity index is 0.00000208. The van der Waals surface area contributed by atoms with Crippen LogP contribution in [-0.4, -0.2) is 28.6 Å². The fourth-order valence-corrected chi connectivity index (χ4v) is 2.32. The van der Waals surface area contributed by atoms with Crippen molar-refractivity contribution in [2.24, 2.45) is 0 Å². The van der Waals surface area contributed by atoms with E-state index in [9.17, 15) is 9.18 Å². The third-order valence-electron chi connectivity index (χ3n) is 3.49. The van der Waals surface area contributed by atoms with Crippen LogP contribution in [-0.2, 0) is 17.9 Å². The normalized spacial score (nSPS) is 16.5. The first kappa shape index (κ1) is 18.2. The third-order valence-corrected chi connectivity index (χ3v) is 3.49. The number of ether oxygens (including phenoxy) is 1. The Bertz CT molecular complexity index is 676. The van der Waals surface area contributed by atoms with Crippen molar-refractivity contribution in [3.63, 3.8) is 0 Å². The average molecular weight is 357 g/mol. The van der Waals surface area contributed by atoms with E-state index >= 15 is 0 Å². The lowest BCUT2D eigenvalue weighted by molar-refractivity contribution is -0.123. The number of aromatic nitrogens is 2. The molecule has 9 heteroatoms. The van der Waals surface area contributed by atoms with E-state index in [0.29, 0.717) is 0 Å². The molecule has 2 heterocycles. The van der Waals surface area contributed by atoms with Crippen molar-refractivity contribution >= 4 is 18.3 Å². The van der Waals surface area contributed by atoms with Crippen molar-refractivity contribution in [1.82, 2.24) is 20.8 Å². The van der Waals surface area contributed by atoms with Crippen LogP contribution in [0.2, 0.25) is 0 Å². The minimum atomic E-state index is -0.451. The van der Waals surface area contributed by atoms with E-state index in [4.69, 9.17) is 9.26 Å². The summed E-state index contributed by atoms with van der Waals surface area (Å²) in [7, 11) is 0. The van der Waals surface area contributed by atoms with E-state index in [0.717, 1.165) is 19.4 Å². The molecule has 1 fully saturated rings. The molecule has 1 aliphatic rings. The molecule has 7 nitrogen and oxygen atoms in total. The summed E-state index contributed by atoms with van der Waals surface area (Å²) in [4.78, 5) is 15.9. The average Bonchev–Trinajstić information content (AvgIpc) is 3.24. The summed E-state index contributed by atoms with van der Waals surface area (Å²) in [5.41, 5.74) is 0. The summed E-state index contributed by atoms with van der Waals surface area (Å²) in [6, 6.07) is 5.93. The van der Waals surface area contributed by atoms with E-state index in [1.807, 2.05) is 0 Å². The molecule has 2 N–H and O–H groups in total. The van der Waals surface area contributed by atoms with Crippen LogP contribution in [0.3, 0.4) is 0 Å².